The van der Waals surface area contributed by atoms with Gasteiger partial charge < -0.3 is 4.74 Å². The predicted molar refractivity (Wildman–Crippen MR) is 100 cm³/mol. The van der Waals surface area contributed by atoms with Crippen molar-refractivity contribution >= 4 is 11.6 Å². The van der Waals surface area contributed by atoms with Gasteiger partial charge in [0, 0.05) is 30.1 Å². The average molecular weight is 404 g/mol. The third-order valence-electron chi connectivity index (χ3n) is 4.57. The highest BCUT2D eigenvalue weighted by Crippen LogP contribution is 2.41. The number of aryl methyl sites for hydroxylation is 1. The van der Waals surface area contributed by atoms with Crippen LogP contribution in [0.4, 0.5) is 8.78 Å². The molecule has 1 fully saturated rings. The molecule has 0 aromatic carbocycles. The summed E-state index contributed by atoms with van der Waals surface area (Å²) in [5, 5.41) is 0.299. The van der Waals surface area contributed by atoms with Gasteiger partial charge in [-0.25, -0.2) is 13.8 Å². The van der Waals surface area contributed by atoms with E-state index in [0.29, 0.717) is 16.6 Å². The first-order chi connectivity index (χ1) is 13.4. The lowest BCUT2D eigenvalue weighted by Crippen LogP contribution is -2.22. The molecule has 3 aromatic heterocycles. The van der Waals surface area contributed by atoms with E-state index in [-0.39, 0.29) is 23.8 Å². The molecule has 0 unspecified atom stereocenters. The van der Waals surface area contributed by atoms with E-state index in [4.69, 9.17) is 16.3 Å². The third-order valence-corrected chi connectivity index (χ3v) is 4.78. The van der Waals surface area contributed by atoms with Crippen molar-refractivity contribution in [3.63, 3.8) is 0 Å². The van der Waals surface area contributed by atoms with Crippen molar-refractivity contribution < 1.29 is 13.5 Å². The van der Waals surface area contributed by atoms with E-state index < -0.39 is 11.6 Å². The first-order valence-electron chi connectivity index (χ1n) is 8.74. The van der Waals surface area contributed by atoms with Crippen molar-refractivity contribution in [1.82, 2.24) is 14.5 Å². The largest absolute Gasteiger partial charge is 0.487 e. The highest BCUT2D eigenvalue weighted by atomic mass is 35.5. The van der Waals surface area contributed by atoms with Crippen molar-refractivity contribution in [1.29, 1.82) is 0 Å². The maximum Gasteiger partial charge on any atom is 0.259 e. The molecule has 1 saturated carbocycles. The molecule has 8 heteroatoms. The molecule has 0 spiro atoms. The van der Waals surface area contributed by atoms with E-state index in [2.05, 4.69) is 9.97 Å². The number of ether oxygens (including phenoxy) is 1. The number of halogens is 3. The fourth-order valence-corrected chi connectivity index (χ4v) is 3.17. The molecule has 1 aliphatic carbocycles. The van der Waals surface area contributed by atoms with Crippen LogP contribution in [0.1, 0.15) is 35.7 Å². The van der Waals surface area contributed by atoms with Gasteiger partial charge in [-0.15, -0.1) is 0 Å². The van der Waals surface area contributed by atoms with Crippen molar-refractivity contribution in [2.75, 3.05) is 0 Å². The van der Waals surface area contributed by atoms with Crippen LogP contribution >= 0.6 is 11.6 Å². The molecule has 5 nitrogen and oxygen atoms in total. The highest BCUT2D eigenvalue weighted by molar-refractivity contribution is 6.29. The lowest BCUT2D eigenvalue weighted by Gasteiger charge is -2.16. The summed E-state index contributed by atoms with van der Waals surface area (Å²) in [6.45, 7) is 1.65. The molecule has 3 heterocycles. The minimum Gasteiger partial charge on any atom is -0.487 e. The van der Waals surface area contributed by atoms with E-state index in [1.165, 1.54) is 6.07 Å². The Hall–Kier alpha value is -2.80. The van der Waals surface area contributed by atoms with E-state index in [1.807, 2.05) is 6.92 Å². The first kappa shape index (κ1) is 18.6. The van der Waals surface area contributed by atoms with Crippen molar-refractivity contribution in [3.05, 3.63) is 80.8 Å². The smallest absolute Gasteiger partial charge is 0.259 e. The molecule has 28 heavy (non-hydrogen) atoms. The SMILES string of the molecule is Cc1cnc(Cl)cc1-n1c(C2CC2)cc(OCc2ncc(F)cc2F)cc1=O. The maximum absolute atomic E-state index is 13.8. The molecular formula is C20H16ClF2N3O2. The summed E-state index contributed by atoms with van der Waals surface area (Å²) in [6, 6.07) is 5.51. The van der Waals surface area contributed by atoms with E-state index >= 15 is 0 Å². The molecule has 0 aliphatic heterocycles. The second-order valence-electron chi connectivity index (χ2n) is 6.73. The Morgan fingerprint density at radius 3 is 2.68 bits per heavy atom. The average Bonchev–Trinajstić information content (AvgIpc) is 3.48. The molecule has 1 aliphatic rings. The minimum absolute atomic E-state index is 0.0321. The second kappa shape index (κ2) is 7.31. The number of pyridine rings is 3. The van der Waals surface area contributed by atoms with Gasteiger partial charge in [0.15, 0.2) is 5.82 Å². The summed E-state index contributed by atoms with van der Waals surface area (Å²) < 4.78 is 33.9. The summed E-state index contributed by atoms with van der Waals surface area (Å²) in [6.07, 6.45) is 4.48. The van der Waals surface area contributed by atoms with Crippen molar-refractivity contribution in [3.8, 4) is 11.4 Å². The Morgan fingerprint density at radius 2 is 1.96 bits per heavy atom. The summed E-state index contributed by atoms with van der Waals surface area (Å²) in [5.74, 6) is -1.00. The van der Waals surface area contributed by atoms with Gasteiger partial charge in [0.1, 0.15) is 29.0 Å². The molecule has 0 N–H and O–H groups in total. The molecule has 0 saturated heterocycles. The Kier molecular flexibility index (Phi) is 4.85. The second-order valence-corrected chi connectivity index (χ2v) is 7.12. The maximum atomic E-state index is 13.8. The number of nitrogens with zero attached hydrogens (tertiary/aromatic N) is 3. The topological polar surface area (TPSA) is 57.0 Å². The van der Waals surface area contributed by atoms with Gasteiger partial charge in [-0.2, -0.15) is 0 Å². The monoisotopic (exact) mass is 403 g/mol. The molecule has 0 atom stereocenters. The molecule has 0 bridgehead atoms. The molecule has 144 valence electrons. The van der Waals surface area contributed by atoms with Crippen LogP contribution in [0.5, 0.6) is 5.75 Å². The Labute approximate surface area is 164 Å². The summed E-state index contributed by atoms with van der Waals surface area (Å²) >= 11 is 6.02. The van der Waals surface area contributed by atoms with E-state index in [0.717, 1.165) is 36.4 Å². The van der Waals surface area contributed by atoms with Crippen LogP contribution in [0.15, 0.2) is 41.5 Å². The van der Waals surface area contributed by atoms with Crippen LogP contribution < -0.4 is 10.3 Å². The first-order valence-corrected chi connectivity index (χ1v) is 9.12. The Morgan fingerprint density at radius 1 is 1.18 bits per heavy atom. The Balaban J connectivity index is 1.69. The van der Waals surface area contributed by atoms with Crippen LogP contribution in [0, 0.1) is 18.6 Å². The van der Waals surface area contributed by atoms with Crippen LogP contribution in [0.25, 0.3) is 5.69 Å². The van der Waals surface area contributed by atoms with Gasteiger partial charge in [0.05, 0.1) is 11.9 Å². The van der Waals surface area contributed by atoms with Crippen LogP contribution in [0.3, 0.4) is 0 Å². The van der Waals surface area contributed by atoms with E-state index in [9.17, 15) is 13.6 Å². The number of hydrogen-bond donors (Lipinski definition) is 0. The molecule has 0 amide bonds. The zero-order chi connectivity index (χ0) is 19.8. The predicted octanol–water partition coefficient (Wildman–Crippen LogP) is 4.32. The zero-order valence-electron chi connectivity index (χ0n) is 15.0. The van der Waals surface area contributed by atoms with Gasteiger partial charge in [0.2, 0.25) is 0 Å². The van der Waals surface area contributed by atoms with Gasteiger partial charge in [0.25, 0.3) is 5.56 Å². The molecule has 0 radical (unpaired) electrons. The quantitative estimate of drug-likeness (QED) is 0.595. The van der Waals surface area contributed by atoms with Gasteiger partial charge >= 0.3 is 0 Å². The van der Waals surface area contributed by atoms with Gasteiger partial charge in [-0.3, -0.25) is 14.3 Å². The molecule has 3 aromatic rings. The summed E-state index contributed by atoms with van der Waals surface area (Å²) in [5.41, 5.74) is 1.98. The number of hydrogen-bond acceptors (Lipinski definition) is 4. The molecular weight excluding hydrogens is 388 g/mol. The Bertz CT molecular complexity index is 1110. The highest BCUT2D eigenvalue weighted by Gasteiger charge is 2.28. The van der Waals surface area contributed by atoms with E-state index in [1.54, 1.807) is 22.9 Å². The lowest BCUT2D eigenvalue weighted by molar-refractivity contribution is 0.292. The third kappa shape index (κ3) is 3.75. The summed E-state index contributed by atoms with van der Waals surface area (Å²) in [7, 11) is 0. The van der Waals surface area contributed by atoms with Crippen LogP contribution in [0.2, 0.25) is 5.15 Å². The van der Waals surface area contributed by atoms with Crippen LogP contribution in [-0.4, -0.2) is 14.5 Å². The van der Waals surface area contributed by atoms with Gasteiger partial charge in [-0.05, 0) is 37.3 Å². The fourth-order valence-electron chi connectivity index (χ4n) is 3.02. The zero-order valence-corrected chi connectivity index (χ0v) is 15.7. The number of aromatic nitrogens is 3. The lowest BCUT2D eigenvalue weighted by atomic mass is 10.2. The molecule has 4 rings (SSSR count). The normalized spacial score (nSPS) is 13.6. The van der Waals surface area contributed by atoms with Crippen molar-refractivity contribution in [2.45, 2.75) is 32.3 Å². The number of rotatable bonds is 5. The standard InChI is InChI=1S/C20H16ClF2N3O2/c1-11-8-25-19(21)7-17(11)26-18(12-2-3-12)5-14(6-20(26)27)28-10-16-15(23)4-13(22)9-24-16/h4-9,12H,2-3,10H2,1H3. The minimum atomic E-state index is -0.794. The summed E-state index contributed by atoms with van der Waals surface area (Å²) in [4.78, 5) is 20.6. The fraction of sp³-hybridized carbons (Fsp3) is 0.250. The van der Waals surface area contributed by atoms with Crippen LogP contribution in [-0.2, 0) is 6.61 Å². The van der Waals surface area contributed by atoms with Gasteiger partial charge in [-0.1, -0.05) is 11.6 Å². The van der Waals surface area contributed by atoms with Crippen molar-refractivity contribution in [2.24, 2.45) is 0 Å².